The Bertz CT molecular complexity index is 1130. The van der Waals surface area contributed by atoms with Crippen LogP contribution in [0.2, 0.25) is 0 Å². The van der Waals surface area contributed by atoms with E-state index in [1.54, 1.807) is 6.92 Å². The Morgan fingerprint density at radius 2 is 1.35 bits per heavy atom. The molecule has 1 aliphatic heterocycles. The molecule has 0 amide bonds. The van der Waals surface area contributed by atoms with Crippen LogP contribution in [0.5, 0.6) is 5.75 Å². The minimum absolute atomic E-state index is 0.0228. The average Bonchev–Trinajstić information content (AvgIpc) is 2.74. The zero-order chi connectivity index (χ0) is 22.9. The summed E-state index contributed by atoms with van der Waals surface area (Å²) < 4.78 is 98.3. The molecule has 1 saturated heterocycles. The van der Waals surface area contributed by atoms with Crippen molar-refractivity contribution >= 4 is 20.0 Å². The summed E-state index contributed by atoms with van der Waals surface area (Å²) >= 11 is 0. The third-order valence-electron chi connectivity index (χ3n) is 4.78. The number of sulfonamides is 2. The van der Waals surface area contributed by atoms with E-state index < -0.39 is 36.7 Å². The Morgan fingerprint density at radius 3 is 1.87 bits per heavy atom. The molecule has 31 heavy (non-hydrogen) atoms. The fraction of sp³-hybridized carbons (Fsp3) is 0.368. The van der Waals surface area contributed by atoms with Gasteiger partial charge in [-0.3, -0.25) is 0 Å². The van der Waals surface area contributed by atoms with E-state index in [-0.39, 0.29) is 31.1 Å². The van der Waals surface area contributed by atoms with Gasteiger partial charge in [0.05, 0.1) is 22.0 Å². The van der Waals surface area contributed by atoms with Gasteiger partial charge in [-0.05, 0) is 43.3 Å². The molecule has 3 rings (SSSR count). The van der Waals surface area contributed by atoms with E-state index in [0.29, 0.717) is 18.4 Å². The third kappa shape index (κ3) is 4.86. The molecule has 0 saturated carbocycles. The molecule has 1 heterocycles. The third-order valence-corrected chi connectivity index (χ3v) is 8.65. The fourth-order valence-corrected chi connectivity index (χ4v) is 6.30. The molecular weight excluding hydrogens is 457 g/mol. The summed E-state index contributed by atoms with van der Waals surface area (Å²) in [7, 11) is -8.33. The molecule has 0 aliphatic carbocycles. The van der Waals surface area contributed by atoms with E-state index in [0.717, 1.165) is 20.7 Å². The van der Waals surface area contributed by atoms with Crippen LogP contribution in [0.1, 0.15) is 12.5 Å². The standard InChI is InChI=1S/C19H21F3N2O5S2/c1-2-29-15-7-9-16(10-8-15)30(25,26)23-11-13-24(14-12-23)31(27,28)18-6-4-3-5-17(18)19(20,21)22/h3-10H,2,11-14H2,1H3. The molecule has 1 aliphatic rings. The van der Waals surface area contributed by atoms with Gasteiger partial charge in [-0.2, -0.15) is 21.8 Å². The second kappa shape index (κ2) is 8.77. The van der Waals surface area contributed by atoms with Crippen molar-refractivity contribution in [2.75, 3.05) is 32.8 Å². The minimum Gasteiger partial charge on any atom is -0.494 e. The van der Waals surface area contributed by atoms with Crippen molar-refractivity contribution in [2.24, 2.45) is 0 Å². The Hall–Kier alpha value is -2.15. The minimum atomic E-state index is -4.83. The summed E-state index contributed by atoms with van der Waals surface area (Å²) in [5.41, 5.74) is -1.25. The van der Waals surface area contributed by atoms with E-state index in [1.165, 1.54) is 30.3 Å². The van der Waals surface area contributed by atoms with E-state index in [1.807, 2.05) is 0 Å². The SMILES string of the molecule is CCOc1ccc(S(=O)(=O)N2CCN(S(=O)(=O)c3ccccc3C(F)(F)F)CC2)cc1. The van der Waals surface area contributed by atoms with E-state index >= 15 is 0 Å². The van der Waals surface area contributed by atoms with Gasteiger partial charge in [0.25, 0.3) is 0 Å². The molecule has 170 valence electrons. The first-order valence-corrected chi connectivity index (χ1v) is 12.3. The largest absolute Gasteiger partial charge is 0.494 e. The maximum atomic E-state index is 13.2. The van der Waals surface area contributed by atoms with E-state index in [9.17, 15) is 30.0 Å². The van der Waals surface area contributed by atoms with Gasteiger partial charge in [0, 0.05) is 26.2 Å². The van der Waals surface area contributed by atoms with Crippen LogP contribution in [0.3, 0.4) is 0 Å². The topological polar surface area (TPSA) is 84.0 Å². The molecule has 0 radical (unpaired) electrons. The molecule has 7 nitrogen and oxygen atoms in total. The molecule has 0 N–H and O–H groups in total. The predicted molar refractivity (Wildman–Crippen MR) is 107 cm³/mol. The maximum absolute atomic E-state index is 13.2. The van der Waals surface area contributed by atoms with Crippen molar-refractivity contribution < 1.29 is 34.7 Å². The molecular formula is C19H21F3N2O5S2. The van der Waals surface area contributed by atoms with Crippen LogP contribution < -0.4 is 4.74 Å². The van der Waals surface area contributed by atoms with Gasteiger partial charge in [0.15, 0.2) is 0 Å². The summed E-state index contributed by atoms with van der Waals surface area (Å²) in [4.78, 5) is -0.819. The van der Waals surface area contributed by atoms with Gasteiger partial charge in [0.1, 0.15) is 5.75 Å². The highest BCUT2D eigenvalue weighted by atomic mass is 32.2. The van der Waals surface area contributed by atoms with Gasteiger partial charge in [-0.25, -0.2) is 16.8 Å². The zero-order valence-electron chi connectivity index (χ0n) is 16.5. The summed E-state index contributed by atoms with van der Waals surface area (Å²) in [6.45, 7) is 1.35. The van der Waals surface area contributed by atoms with Crippen molar-refractivity contribution in [1.82, 2.24) is 8.61 Å². The lowest BCUT2D eigenvalue weighted by Crippen LogP contribution is -2.50. The van der Waals surface area contributed by atoms with Crippen LogP contribution in [-0.2, 0) is 26.2 Å². The van der Waals surface area contributed by atoms with Gasteiger partial charge in [-0.15, -0.1) is 0 Å². The molecule has 0 bridgehead atoms. The molecule has 0 aromatic heterocycles. The lowest BCUT2D eigenvalue weighted by atomic mass is 10.2. The number of rotatable bonds is 6. The van der Waals surface area contributed by atoms with Crippen LogP contribution in [0, 0.1) is 0 Å². The Balaban J connectivity index is 1.77. The number of benzene rings is 2. The fourth-order valence-electron chi connectivity index (χ4n) is 3.24. The average molecular weight is 479 g/mol. The van der Waals surface area contributed by atoms with Crippen LogP contribution in [0.4, 0.5) is 13.2 Å². The Labute approximate surface area is 179 Å². The summed E-state index contributed by atoms with van der Waals surface area (Å²) in [6, 6.07) is 9.76. The predicted octanol–water partition coefficient (Wildman–Crippen LogP) is 2.80. The quantitative estimate of drug-likeness (QED) is 0.638. The number of piperazine rings is 1. The van der Waals surface area contributed by atoms with Crippen LogP contribution in [0.25, 0.3) is 0 Å². The highest BCUT2D eigenvalue weighted by Gasteiger charge is 2.40. The van der Waals surface area contributed by atoms with Crippen LogP contribution in [0.15, 0.2) is 58.3 Å². The summed E-state index contributed by atoms with van der Waals surface area (Å²) in [5.74, 6) is 0.515. The first-order chi connectivity index (χ1) is 14.5. The molecule has 12 heteroatoms. The lowest BCUT2D eigenvalue weighted by molar-refractivity contribution is -0.139. The van der Waals surface area contributed by atoms with E-state index in [2.05, 4.69) is 0 Å². The number of nitrogens with zero attached hydrogens (tertiary/aromatic N) is 2. The molecule has 1 fully saturated rings. The first-order valence-electron chi connectivity index (χ1n) is 9.37. The number of hydrogen-bond donors (Lipinski definition) is 0. The molecule has 2 aromatic carbocycles. The van der Waals surface area contributed by atoms with Crippen LogP contribution >= 0.6 is 0 Å². The second-order valence-corrected chi connectivity index (χ2v) is 10.6. The number of hydrogen-bond acceptors (Lipinski definition) is 5. The van der Waals surface area contributed by atoms with Crippen molar-refractivity contribution in [3.05, 3.63) is 54.1 Å². The first kappa shape index (κ1) is 23.5. The van der Waals surface area contributed by atoms with Gasteiger partial charge >= 0.3 is 6.18 Å². The van der Waals surface area contributed by atoms with Gasteiger partial charge < -0.3 is 4.74 Å². The zero-order valence-corrected chi connectivity index (χ0v) is 18.2. The summed E-state index contributed by atoms with van der Waals surface area (Å²) in [5, 5.41) is 0. The van der Waals surface area contributed by atoms with Crippen molar-refractivity contribution in [2.45, 2.75) is 22.9 Å². The number of ether oxygens (including phenoxy) is 1. The smallest absolute Gasteiger partial charge is 0.417 e. The number of halogens is 3. The lowest BCUT2D eigenvalue weighted by Gasteiger charge is -2.33. The number of alkyl halides is 3. The molecule has 0 atom stereocenters. The Morgan fingerprint density at radius 1 is 0.839 bits per heavy atom. The monoisotopic (exact) mass is 478 g/mol. The van der Waals surface area contributed by atoms with Crippen molar-refractivity contribution in [3.63, 3.8) is 0 Å². The van der Waals surface area contributed by atoms with Crippen LogP contribution in [-0.4, -0.2) is 58.2 Å². The normalized spacial score (nSPS) is 16.9. The van der Waals surface area contributed by atoms with Crippen molar-refractivity contribution in [3.8, 4) is 5.75 Å². The Kier molecular flexibility index (Phi) is 6.65. The maximum Gasteiger partial charge on any atom is 0.417 e. The summed E-state index contributed by atoms with van der Waals surface area (Å²) in [6.07, 6.45) is -4.83. The van der Waals surface area contributed by atoms with Gasteiger partial charge in [0.2, 0.25) is 20.0 Å². The van der Waals surface area contributed by atoms with E-state index in [4.69, 9.17) is 4.74 Å². The van der Waals surface area contributed by atoms with Crippen molar-refractivity contribution in [1.29, 1.82) is 0 Å². The molecule has 2 aromatic rings. The van der Waals surface area contributed by atoms with Gasteiger partial charge in [-0.1, -0.05) is 12.1 Å². The molecule has 0 spiro atoms. The molecule has 0 unspecified atom stereocenters. The highest BCUT2D eigenvalue weighted by molar-refractivity contribution is 7.89. The highest BCUT2D eigenvalue weighted by Crippen LogP contribution is 2.35. The second-order valence-electron chi connectivity index (χ2n) is 6.71.